The molecule has 0 bridgehead atoms. The maximum Gasteiger partial charge on any atom is 0.354 e. The molecule has 3 nitrogen and oxygen atoms in total. The predicted octanol–water partition coefficient (Wildman–Crippen LogP) is 2.94. The van der Waals surface area contributed by atoms with Gasteiger partial charge in [0.1, 0.15) is 5.69 Å². The van der Waals surface area contributed by atoms with Gasteiger partial charge in [0.05, 0.1) is 0 Å². The minimum atomic E-state index is -0.990. The molecule has 1 aliphatic carbocycles. The molecule has 1 aromatic carbocycles. The van der Waals surface area contributed by atoms with Crippen LogP contribution < -0.4 is 0 Å². The van der Waals surface area contributed by atoms with E-state index >= 15 is 0 Å². The zero-order chi connectivity index (χ0) is 12.5. The average Bonchev–Trinajstić information content (AvgIpc) is 2.86. The number of hydrogen-bond acceptors (Lipinski definition) is 2. The maximum atomic E-state index is 10.7. The fourth-order valence-corrected chi connectivity index (χ4v) is 2.44. The topological polar surface area (TPSA) is 50.2 Å². The third-order valence-corrected chi connectivity index (χ3v) is 3.41. The summed E-state index contributed by atoms with van der Waals surface area (Å²) in [6.07, 6.45) is 5.17. The predicted molar refractivity (Wildman–Crippen MR) is 68.7 cm³/mol. The van der Waals surface area contributed by atoms with Gasteiger partial charge in [-0.1, -0.05) is 24.3 Å². The highest BCUT2D eigenvalue weighted by Gasteiger charge is 2.12. The van der Waals surface area contributed by atoms with Crippen LogP contribution in [0.4, 0.5) is 0 Å². The van der Waals surface area contributed by atoms with Gasteiger partial charge in [-0.05, 0) is 42.0 Å². The lowest BCUT2D eigenvalue weighted by molar-refractivity contribution is 0.0690. The summed E-state index contributed by atoms with van der Waals surface area (Å²) in [5.74, 6) is -0.990. The van der Waals surface area contributed by atoms with Crippen molar-refractivity contribution in [2.75, 3.05) is 0 Å². The van der Waals surface area contributed by atoms with E-state index in [-0.39, 0.29) is 5.69 Å². The summed E-state index contributed by atoms with van der Waals surface area (Å²) in [5.41, 5.74) is 5.01. The Morgan fingerprint density at radius 1 is 1.06 bits per heavy atom. The lowest BCUT2D eigenvalue weighted by Gasteiger charge is -2.05. The number of carboxylic acid groups (broad SMARTS) is 1. The van der Waals surface area contributed by atoms with Gasteiger partial charge in [-0.2, -0.15) is 0 Å². The molecule has 0 saturated heterocycles. The third-order valence-electron chi connectivity index (χ3n) is 3.41. The van der Waals surface area contributed by atoms with E-state index in [1.54, 1.807) is 12.3 Å². The summed E-state index contributed by atoms with van der Waals surface area (Å²) in [7, 11) is 0. The molecule has 1 aromatic heterocycles. The smallest absolute Gasteiger partial charge is 0.354 e. The Bertz CT molecular complexity index is 602. The Morgan fingerprint density at radius 3 is 2.56 bits per heavy atom. The van der Waals surface area contributed by atoms with Crippen molar-refractivity contribution in [1.29, 1.82) is 0 Å². The van der Waals surface area contributed by atoms with Crippen LogP contribution in [-0.2, 0) is 12.8 Å². The zero-order valence-corrected chi connectivity index (χ0v) is 9.89. The number of fused-ring (bicyclic) bond motifs is 1. The van der Waals surface area contributed by atoms with E-state index in [1.807, 2.05) is 6.07 Å². The van der Waals surface area contributed by atoms with Crippen molar-refractivity contribution in [3.05, 3.63) is 53.3 Å². The lowest BCUT2D eigenvalue weighted by Crippen LogP contribution is -1.99. The average molecular weight is 239 g/mol. The van der Waals surface area contributed by atoms with E-state index in [0.717, 1.165) is 17.5 Å². The second-order valence-electron chi connectivity index (χ2n) is 4.57. The number of aromatic nitrogens is 1. The minimum absolute atomic E-state index is 0.0833. The van der Waals surface area contributed by atoms with Crippen molar-refractivity contribution in [2.24, 2.45) is 0 Å². The van der Waals surface area contributed by atoms with Crippen LogP contribution in [0, 0.1) is 0 Å². The number of hydrogen-bond donors (Lipinski definition) is 1. The third kappa shape index (κ3) is 1.88. The van der Waals surface area contributed by atoms with Crippen LogP contribution in [0.25, 0.3) is 11.1 Å². The molecule has 0 fully saturated rings. The molecule has 0 unspecified atom stereocenters. The highest BCUT2D eigenvalue weighted by molar-refractivity contribution is 5.85. The van der Waals surface area contributed by atoms with Gasteiger partial charge in [-0.15, -0.1) is 0 Å². The number of aryl methyl sites for hydroxylation is 2. The van der Waals surface area contributed by atoms with Crippen LogP contribution in [0.2, 0.25) is 0 Å². The van der Waals surface area contributed by atoms with Crippen molar-refractivity contribution in [3.8, 4) is 11.1 Å². The molecule has 3 rings (SSSR count). The molecule has 0 radical (unpaired) electrons. The number of rotatable bonds is 2. The monoisotopic (exact) mass is 239 g/mol. The second kappa shape index (κ2) is 4.26. The number of carboxylic acids is 1. The first kappa shape index (κ1) is 11.0. The van der Waals surface area contributed by atoms with Gasteiger partial charge >= 0.3 is 5.97 Å². The van der Waals surface area contributed by atoms with Gasteiger partial charge in [-0.3, -0.25) is 0 Å². The van der Waals surface area contributed by atoms with Crippen LogP contribution >= 0.6 is 0 Å². The Labute approximate surface area is 105 Å². The maximum absolute atomic E-state index is 10.7. The molecule has 2 aromatic rings. The fraction of sp³-hybridized carbons (Fsp3) is 0.200. The summed E-state index contributed by atoms with van der Waals surface area (Å²) in [5, 5.41) is 8.81. The molecule has 90 valence electrons. The van der Waals surface area contributed by atoms with Gasteiger partial charge in [-0.25, -0.2) is 9.78 Å². The Morgan fingerprint density at radius 2 is 1.83 bits per heavy atom. The molecule has 0 aliphatic heterocycles. The van der Waals surface area contributed by atoms with Crippen molar-refractivity contribution in [2.45, 2.75) is 19.3 Å². The Hall–Kier alpha value is -2.16. The first-order valence-corrected chi connectivity index (χ1v) is 6.05. The van der Waals surface area contributed by atoms with E-state index in [0.29, 0.717) is 0 Å². The molecule has 0 atom stereocenters. The molecule has 1 heterocycles. The van der Waals surface area contributed by atoms with Crippen LogP contribution in [-0.4, -0.2) is 16.1 Å². The summed E-state index contributed by atoms with van der Waals surface area (Å²) < 4.78 is 0. The summed E-state index contributed by atoms with van der Waals surface area (Å²) in [6.45, 7) is 0. The Balaban J connectivity index is 1.97. The molecule has 0 saturated carbocycles. The van der Waals surface area contributed by atoms with E-state index in [2.05, 4.69) is 23.2 Å². The van der Waals surface area contributed by atoms with Gasteiger partial charge in [0.15, 0.2) is 0 Å². The number of aromatic carboxylic acids is 1. The number of carbonyl (C=O) groups is 1. The second-order valence-corrected chi connectivity index (χ2v) is 4.57. The van der Waals surface area contributed by atoms with Crippen molar-refractivity contribution < 1.29 is 9.90 Å². The Kier molecular flexibility index (Phi) is 2.59. The lowest BCUT2D eigenvalue weighted by atomic mass is 10.0. The minimum Gasteiger partial charge on any atom is -0.477 e. The van der Waals surface area contributed by atoms with Crippen LogP contribution in [0.1, 0.15) is 28.0 Å². The fourth-order valence-electron chi connectivity index (χ4n) is 2.44. The van der Waals surface area contributed by atoms with Crippen LogP contribution in [0.5, 0.6) is 0 Å². The normalized spacial score (nSPS) is 13.3. The molecule has 3 heteroatoms. The number of nitrogens with zero attached hydrogens (tertiary/aromatic N) is 1. The van der Waals surface area contributed by atoms with Gasteiger partial charge in [0.25, 0.3) is 0 Å². The quantitative estimate of drug-likeness (QED) is 0.876. The molecule has 18 heavy (non-hydrogen) atoms. The van der Waals surface area contributed by atoms with Crippen LogP contribution in [0.15, 0.2) is 36.5 Å². The van der Waals surface area contributed by atoms with Crippen molar-refractivity contribution in [1.82, 2.24) is 4.98 Å². The molecule has 1 aliphatic rings. The van der Waals surface area contributed by atoms with Crippen molar-refractivity contribution in [3.63, 3.8) is 0 Å². The number of benzene rings is 1. The largest absolute Gasteiger partial charge is 0.477 e. The van der Waals surface area contributed by atoms with E-state index in [4.69, 9.17) is 5.11 Å². The molecule has 1 N–H and O–H groups in total. The van der Waals surface area contributed by atoms with Gasteiger partial charge in [0.2, 0.25) is 0 Å². The van der Waals surface area contributed by atoms with E-state index in [1.165, 1.54) is 24.0 Å². The van der Waals surface area contributed by atoms with E-state index < -0.39 is 5.97 Å². The highest BCUT2D eigenvalue weighted by Crippen LogP contribution is 2.27. The highest BCUT2D eigenvalue weighted by atomic mass is 16.4. The molecule has 0 spiro atoms. The van der Waals surface area contributed by atoms with Gasteiger partial charge < -0.3 is 5.11 Å². The summed E-state index contributed by atoms with van der Waals surface area (Å²) >= 11 is 0. The van der Waals surface area contributed by atoms with Crippen molar-refractivity contribution >= 4 is 5.97 Å². The summed E-state index contributed by atoms with van der Waals surface area (Å²) in [4.78, 5) is 14.7. The van der Waals surface area contributed by atoms with Crippen LogP contribution in [0.3, 0.4) is 0 Å². The SMILES string of the molecule is O=C(O)c1ccc(-c2ccc3c(c2)CCC3)cn1. The number of pyridine rings is 1. The van der Waals surface area contributed by atoms with Gasteiger partial charge in [0, 0.05) is 11.8 Å². The van der Waals surface area contributed by atoms with E-state index in [9.17, 15) is 4.79 Å². The molecule has 0 amide bonds. The standard InChI is InChI=1S/C15H13NO2/c17-15(18)14-7-6-13(9-16-14)12-5-4-10-2-1-3-11(10)8-12/h4-9H,1-3H2,(H,17,18). The molecular weight excluding hydrogens is 226 g/mol. The first-order valence-electron chi connectivity index (χ1n) is 6.05. The molecular formula is C15H13NO2. The first-order chi connectivity index (χ1) is 8.74. The zero-order valence-electron chi connectivity index (χ0n) is 9.89. The summed E-state index contributed by atoms with van der Waals surface area (Å²) in [6, 6.07) is 9.81.